The van der Waals surface area contributed by atoms with Crippen molar-refractivity contribution < 1.29 is 41.4 Å². The number of carbonyl (C=O) groups is 3. The molecule has 260 valence electrons. The predicted octanol–water partition coefficient (Wildman–Crippen LogP) is 3.94. The first-order chi connectivity index (χ1) is 22.5. The van der Waals surface area contributed by atoms with Crippen molar-refractivity contribution in [1.29, 1.82) is 0 Å². The standard InChI is InChI=1S/C34H42F2N4O7S/c1-21(2)19-37-32(42)12-11-31(41)30(20-47-29-17-26(35)16-27(36)18-29)39-34(44)25-13-24(14-28(15-25)40(4)48(5,45)46)33(43)38-22(3)23-9-7-6-8-10-23/h6-10,13-18,21-22,30-31,41H,11-12,19-20H2,1-5H3,(H,37,42)(H,38,43)(H,39,44)/t22-,30+,31+/m1/s1. The van der Waals surface area contributed by atoms with Crippen LogP contribution in [0, 0.1) is 17.6 Å². The van der Waals surface area contributed by atoms with Crippen LogP contribution in [0.25, 0.3) is 0 Å². The van der Waals surface area contributed by atoms with Crippen LogP contribution in [0.2, 0.25) is 0 Å². The molecule has 0 bridgehead atoms. The highest BCUT2D eigenvalue weighted by Gasteiger charge is 2.26. The molecule has 3 amide bonds. The van der Waals surface area contributed by atoms with Gasteiger partial charge in [0.05, 0.1) is 30.1 Å². The molecule has 48 heavy (non-hydrogen) atoms. The number of rotatable bonds is 16. The topological polar surface area (TPSA) is 154 Å². The van der Waals surface area contributed by atoms with Crippen molar-refractivity contribution in [2.45, 2.75) is 51.8 Å². The SMILES string of the molecule is CC(C)CNC(=O)CC[C@H](O)[C@H](COc1cc(F)cc(F)c1)NC(=O)c1cc(C(=O)N[C@H](C)c2ccccc2)cc(N(C)S(C)(=O)=O)c1. The molecule has 0 unspecified atom stereocenters. The van der Waals surface area contributed by atoms with Crippen molar-refractivity contribution >= 4 is 33.4 Å². The van der Waals surface area contributed by atoms with Gasteiger partial charge in [-0.15, -0.1) is 0 Å². The second kappa shape index (κ2) is 17.0. The maximum atomic E-state index is 13.8. The van der Waals surface area contributed by atoms with E-state index in [-0.39, 0.29) is 47.2 Å². The van der Waals surface area contributed by atoms with Crippen LogP contribution >= 0.6 is 0 Å². The lowest BCUT2D eigenvalue weighted by Crippen LogP contribution is -2.47. The summed E-state index contributed by atoms with van der Waals surface area (Å²) in [6, 6.07) is 13.9. The largest absolute Gasteiger partial charge is 0.491 e. The van der Waals surface area contributed by atoms with Gasteiger partial charge in [0, 0.05) is 49.3 Å². The Balaban J connectivity index is 1.90. The molecule has 0 aromatic heterocycles. The summed E-state index contributed by atoms with van der Waals surface area (Å²) in [5.41, 5.74) is 0.708. The van der Waals surface area contributed by atoms with Gasteiger partial charge >= 0.3 is 0 Å². The molecular formula is C34H42F2N4O7S. The Morgan fingerprint density at radius 1 is 0.896 bits per heavy atom. The van der Waals surface area contributed by atoms with Crippen LogP contribution in [0.1, 0.15) is 65.9 Å². The minimum Gasteiger partial charge on any atom is -0.491 e. The quantitative estimate of drug-likeness (QED) is 0.178. The number of hydrogen-bond donors (Lipinski definition) is 4. The fraction of sp³-hybridized carbons (Fsp3) is 0.382. The number of hydrogen-bond acceptors (Lipinski definition) is 7. The first-order valence-corrected chi connectivity index (χ1v) is 17.2. The highest BCUT2D eigenvalue weighted by Crippen LogP contribution is 2.23. The van der Waals surface area contributed by atoms with Gasteiger partial charge in [0.2, 0.25) is 15.9 Å². The van der Waals surface area contributed by atoms with E-state index >= 15 is 0 Å². The minimum atomic E-state index is -3.80. The molecule has 3 aromatic carbocycles. The van der Waals surface area contributed by atoms with Crippen LogP contribution in [0.5, 0.6) is 5.75 Å². The minimum absolute atomic E-state index is 0.0126. The fourth-order valence-electron chi connectivity index (χ4n) is 4.54. The van der Waals surface area contributed by atoms with Gasteiger partial charge in [0.25, 0.3) is 11.8 Å². The van der Waals surface area contributed by atoms with E-state index in [4.69, 9.17) is 4.74 Å². The highest BCUT2D eigenvalue weighted by atomic mass is 32.2. The zero-order chi connectivity index (χ0) is 35.6. The Hall–Kier alpha value is -4.56. The van der Waals surface area contributed by atoms with Crippen LogP contribution in [0.15, 0.2) is 66.7 Å². The van der Waals surface area contributed by atoms with Crippen LogP contribution in [-0.4, -0.2) is 69.8 Å². The molecule has 0 heterocycles. The molecule has 0 spiro atoms. The summed E-state index contributed by atoms with van der Waals surface area (Å²) in [4.78, 5) is 39.3. The Bertz CT molecular complexity index is 1670. The van der Waals surface area contributed by atoms with E-state index in [0.717, 1.165) is 28.3 Å². The van der Waals surface area contributed by atoms with Crippen molar-refractivity contribution in [2.75, 3.05) is 30.8 Å². The Labute approximate surface area is 279 Å². The van der Waals surface area contributed by atoms with Crippen molar-refractivity contribution in [2.24, 2.45) is 5.92 Å². The maximum absolute atomic E-state index is 13.8. The molecule has 0 aliphatic rings. The lowest BCUT2D eigenvalue weighted by atomic mass is 10.0. The Morgan fingerprint density at radius 2 is 1.48 bits per heavy atom. The van der Waals surface area contributed by atoms with E-state index in [9.17, 15) is 36.7 Å². The fourth-order valence-corrected chi connectivity index (χ4v) is 5.03. The summed E-state index contributed by atoms with van der Waals surface area (Å²) < 4.78 is 58.8. The number of carbonyl (C=O) groups excluding carboxylic acids is 3. The number of halogens is 2. The van der Waals surface area contributed by atoms with Crippen molar-refractivity contribution in [3.05, 3.63) is 95.1 Å². The molecule has 14 heteroatoms. The summed E-state index contributed by atoms with van der Waals surface area (Å²) in [5.74, 6) is -3.50. The zero-order valence-electron chi connectivity index (χ0n) is 27.5. The average molecular weight is 689 g/mol. The van der Waals surface area contributed by atoms with Gasteiger partial charge in [0.15, 0.2) is 0 Å². The zero-order valence-corrected chi connectivity index (χ0v) is 28.3. The van der Waals surface area contributed by atoms with Crippen LogP contribution in [-0.2, 0) is 14.8 Å². The lowest BCUT2D eigenvalue weighted by Gasteiger charge is -2.25. The number of sulfonamides is 1. The molecule has 3 atom stereocenters. The van der Waals surface area contributed by atoms with Gasteiger partial charge in [-0.3, -0.25) is 18.7 Å². The summed E-state index contributed by atoms with van der Waals surface area (Å²) >= 11 is 0. The highest BCUT2D eigenvalue weighted by molar-refractivity contribution is 7.92. The van der Waals surface area contributed by atoms with Gasteiger partial charge in [-0.05, 0) is 43.0 Å². The normalized spacial score (nSPS) is 13.3. The monoisotopic (exact) mass is 688 g/mol. The molecule has 0 saturated carbocycles. The summed E-state index contributed by atoms with van der Waals surface area (Å²) in [7, 11) is -2.54. The molecule has 0 aliphatic carbocycles. The molecule has 0 radical (unpaired) electrons. The second-order valence-corrected chi connectivity index (χ2v) is 13.9. The lowest BCUT2D eigenvalue weighted by molar-refractivity contribution is -0.121. The molecule has 3 aromatic rings. The molecule has 11 nitrogen and oxygen atoms in total. The Morgan fingerprint density at radius 3 is 2.04 bits per heavy atom. The predicted molar refractivity (Wildman–Crippen MR) is 178 cm³/mol. The van der Waals surface area contributed by atoms with E-state index in [1.54, 1.807) is 6.92 Å². The van der Waals surface area contributed by atoms with E-state index in [1.165, 1.54) is 25.2 Å². The number of nitrogens with one attached hydrogen (secondary N) is 3. The number of nitrogens with zero attached hydrogens (tertiary/aromatic N) is 1. The molecular weight excluding hydrogens is 646 g/mol. The summed E-state index contributed by atoms with van der Waals surface area (Å²) in [6.45, 7) is 5.60. The second-order valence-electron chi connectivity index (χ2n) is 11.9. The van der Waals surface area contributed by atoms with Gasteiger partial charge in [0.1, 0.15) is 24.0 Å². The number of anilines is 1. The number of aliphatic hydroxyl groups excluding tert-OH is 1. The number of ether oxygens (including phenoxy) is 1. The van der Waals surface area contributed by atoms with Gasteiger partial charge in [-0.25, -0.2) is 17.2 Å². The van der Waals surface area contributed by atoms with Gasteiger partial charge in [-0.2, -0.15) is 0 Å². The average Bonchev–Trinajstić information content (AvgIpc) is 3.03. The third kappa shape index (κ3) is 11.6. The summed E-state index contributed by atoms with van der Waals surface area (Å²) in [6.07, 6.45) is -0.577. The van der Waals surface area contributed by atoms with E-state index < -0.39 is 58.3 Å². The third-order valence-electron chi connectivity index (χ3n) is 7.37. The van der Waals surface area contributed by atoms with E-state index in [0.29, 0.717) is 12.6 Å². The van der Waals surface area contributed by atoms with Gasteiger partial charge in [-0.1, -0.05) is 44.2 Å². The summed E-state index contributed by atoms with van der Waals surface area (Å²) in [5, 5.41) is 19.2. The first-order valence-electron chi connectivity index (χ1n) is 15.3. The van der Waals surface area contributed by atoms with Gasteiger partial charge < -0.3 is 25.8 Å². The molecule has 3 rings (SSSR count). The molecule has 0 saturated heterocycles. The van der Waals surface area contributed by atoms with E-state index in [1.807, 2.05) is 44.2 Å². The van der Waals surface area contributed by atoms with Crippen LogP contribution in [0.3, 0.4) is 0 Å². The smallest absolute Gasteiger partial charge is 0.251 e. The number of amides is 3. The molecule has 0 aliphatic heterocycles. The Kier molecular flexibility index (Phi) is 13.4. The van der Waals surface area contributed by atoms with Crippen molar-refractivity contribution in [3.8, 4) is 5.75 Å². The molecule has 0 fully saturated rings. The first kappa shape index (κ1) is 37.9. The maximum Gasteiger partial charge on any atom is 0.251 e. The van der Waals surface area contributed by atoms with Crippen molar-refractivity contribution in [1.82, 2.24) is 16.0 Å². The molecule has 4 N–H and O–H groups in total. The van der Waals surface area contributed by atoms with E-state index in [2.05, 4.69) is 16.0 Å². The van der Waals surface area contributed by atoms with Crippen LogP contribution in [0.4, 0.5) is 14.5 Å². The third-order valence-corrected chi connectivity index (χ3v) is 8.58. The van der Waals surface area contributed by atoms with Crippen LogP contribution < -0.4 is 25.0 Å². The number of aliphatic hydroxyl groups is 1. The van der Waals surface area contributed by atoms with Crippen molar-refractivity contribution in [3.63, 3.8) is 0 Å². The number of benzene rings is 3.